The molecular weight excluding hydrogens is 186 g/mol. The maximum atomic E-state index is 11.0. The van der Waals surface area contributed by atoms with Crippen molar-refractivity contribution in [2.24, 2.45) is 0 Å². The largest absolute Gasteiger partial charge is 0.379 e. The number of carbonyl (C=O) groups is 2. The van der Waals surface area contributed by atoms with Gasteiger partial charge in [-0.1, -0.05) is 0 Å². The van der Waals surface area contributed by atoms with E-state index in [0.717, 1.165) is 6.42 Å². The van der Waals surface area contributed by atoms with E-state index in [1.165, 1.54) is 0 Å². The van der Waals surface area contributed by atoms with Crippen LogP contribution in [0.25, 0.3) is 0 Å². The van der Waals surface area contributed by atoms with Crippen LogP contribution in [0.1, 0.15) is 12.8 Å². The van der Waals surface area contributed by atoms with E-state index in [-0.39, 0.29) is 18.6 Å². The lowest BCUT2D eigenvalue weighted by molar-refractivity contribution is -0.119. The lowest BCUT2D eigenvalue weighted by atomic mass is 10.4. The van der Waals surface area contributed by atoms with E-state index in [1.54, 1.807) is 13.2 Å². The zero-order valence-electron chi connectivity index (χ0n) is 7.74. The van der Waals surface area contributed by atoms with Gasteiger partial charge in [-0.25, -0.2) is 4.79 Å². The molecular formula is C8H11N3O3. The van der Waals surface area contributed by atoms with Gasteiger partial charge in [0, 0.05) is 7.11 Å². The van der Waals surface area contributed by atoms with E-state index in [1.807, 2.05) is 5.32 Å². The van der Waals surface area contributed by atoms with Gasteiger partial charge in [0.15, 0.2) is 0 Å². The molecule has 76 valence electrons. The molecule has 0 saturated heterocycles. The normalized spacial score (nSPS) is 23.4. The van der Waals surface area contributed by atoms with E-state index in [9.17, 15) is 9.59 Å². The highest BCUT2D eigenvalue weighted by molar-refractivity contribution is 5.95. The van der Waals surface area contributed by atoms with Crippen molar-refractivity contribution in [1.29, 1.82) is 5.26 Å². The van der Waals surface area contributed by atoms with Gasteiger partial charge >= 0.3 is 6.03 Å². The number of hydrogen-bond donors (Lipinski definition) is 2. The van der Waals surface area contributed by atoms with E-state index < -0.39 is 11.9 Å². The summed E-state index contributed by atoms with van der Waals surface area (Å²) < 4.78 is 4.95. The van der Waals surface area contributed by atoms with E-state index >= 15 is 0 Å². The molecule has 0 heterocycles. The first-order valence-corrected chi connectivity index (χ1v) is 4.17. The fraction of sp³-hybridized carbons (Fsp3) is 0.625. The lowest BCUT2D eigenvalue weighted by Crippen LogP contribution is -2.41. The van der Waals surface area contributed by atoms with Gasteiger partial charge in [0.1, 0.15) is 6.42 Å². The first-order chi connectivity index (χ1) is 6.67. The van der Waals surface area contributed by atoms with Gasteiger partial charge in [0.2, 0.25) is 5.91 Å². The summed E-state index contributed by atoms with van der Waals surface area (Å²) in [5.74, 6) is -0.598. The first kappa shape index (κ1) is 10.5. The summed E-state index contributed by atoms with van der Waals surface area (Å²) in [7, 11) is 1.56. The topological polar surface area (TPSA) is 91.2 Å². The van der Waals surface area contributed by atoms with Crippen LogP contribution in [-0.4, -0.2) is 31.2 Å². The molecule has 1 aliphatic carbocycles. The minimum atomic E-state index is -0.598. The van der Waals surface area contributed by atoms with Crippen molar-refractivity contribution < 1.29 is 14.3 Å². The zero-order chi connectivity index (χ0) is 10.6. The summed E-state index contributed by atoms with van der Waals surface area (Å²) in [5.41, 5.74) is 0. The van der Waals surface area contributed by atoms with Gasteiger partial charge in [-0.15, -0.1) is 0 Å². The van der Waals surface area contributed by atoms with Crippen LogP contribution in [0.15, 0.2) is 0 Å². The Labute approximate surface area is 81.2 Å². The SMILES string of the molecule is COC1CC1NC(=O)NC(=O)CC#N. The second-order valence-electron chi connectivity index (χ2n) is 2.97. The van der Waals surface area contributed by atoms with Crippen molar-refractivity contribution in [1.82, 2.24) is 10.6 Å². The Morgan fingerprint density at radius 1 is 1.64 bits per heavy atom. The molecule has 0 aliphatic heterocycles. The Kier molecular flexibility index (Phi) is 3.42. The van der Waals surface area contributed by atoms with E-state index in [4.69, 9.17) is 10.00 Å². The molecule has 2 atom stereocenters. The molecule has 1 fully saturated rings. The van der Waals surface area contributed by atoms with Crippen molar-refractivity contribution in [3.8, 4) is 6.07 Å². The second kappa shape index (κ2) is 4.58. The Hall–Kier alpha value is -1.61. The van der Waals surface area contributed by atoms with Crippen LogP contribution in [0.3, 0.4) is 0 Å². The van der Waals surface area contributed by atoms with Crippen molar-refractivity contribution >= 4 is 11.9 Å². The van der Waals surface area contributed by atoms with Gasteiger partial charge in [-0.3, -0.25) is 10.1 Å². The molecule has 6 heteroatoms. The highest BCUT2D eigenvalue weighted by atomic mass is 16.5. The number of carbonyl (C=O) groups excluding carboxylic acids is 2. The molecule has 1 aliphatic rings. The average molecular weight is 197 g/mol. The number of imide groups is 1. The van der Waals surface area contributed by atoms with Gasteiger partial charge in [-0.05, 0) is 6.42 Å². The van der Waals surface area contributed by atoms with Crippen LogP contribution in [0.4, 0.5) is 4.79 Å². The third-order valence-corrected chi connectivity index (χ3v) is 1.84. The summed E-state index contributed by atoms with van der Waals surface area (Å²) in [4.78, 5) is 21.8. The molecule has 1 saturated carbocycles. The lowest BCUT2D eigenvalue weighted by Gasteiger charge is -2.03. The number of nitrogens with zero attached hydrogens (tertiary/aromatic N) is 1. The average Bonchev–Trinajstić information content (AvgIpc) is 2.83. The third-order valence-electron chi connectivity index (χ3n) is 1.84. The number of rotatable bonds is 3. The van der Waals surface area contributed by atoms with Gasteiger partial charge < -0.3 is 10.1 Å². The number of methoxy groups -OCH3 is 1. The maximum Gasteiger partial charge on any atom is 0.321 e. The molecule has 0 bridgehead atoms. The molecule has 0 aromatic carbocycles. The van der Waals surface area contributed by atoms with Crippen LogP contribution in [0, 0.1) is 11.3 Å². The highest BCUT2D eigenvalue weighted by Crippen LogP contribution is 2.23. The summed E-state index contributed by atoms with van der Waals surface area (Å²) >= 11 is 0. The van der Waals surface area contributed by atoms with Crippen molar-refractivity contribution in [3.05, 3.63) is 0 Å². The van der Waals surface area contributed by atoms with Crippen LogP contribution in [-0.2, 0) is 9.53 Å². The van der Waals surface area contributed by atoms with Crippen LogP contribution < -0.4 is 10.6 Å². The number of nitriles is 1. The van der Waals surface area contributed by atoms with Gasteiger partial charge in [0.25, 0.3) is 0 Å². The second-order valence-corrected chi connectivity index (χ2v) is 2.97. The Bertz CT molecular complexity index is 284. The number of nitrogens with one attached hydrogen (secondary N) is 2. The van der Waals surface area contributed by atoms with E-state index in [0.29, 0.717) is 0 Å². The molecule has 0 radical (unpaired) electrons. The Morgan fingerprint density at radius 2 is 2.36 bits per heavy atom. The Balaban J connectivity index is 2.17. The minimum absolute atomic E-state index is 0.0186. The maximum absolute atomic E-state index is 11.0. The Morgan fingerprint density at radius 3 is 2.86 bits per heavy atom. The zero-order valence-corrected chi connectivity index (χ0v) is 7.74. The third kappa shape index (κ3) is 3.03. The smallest absolute Gasteiger partial charge is 0.321 e. The minimum Gasteiger partial charge on any atom is -0.379 e. The van der Waals surface area contributed by atoms with Gasteiger partial charge in [0.05, 0.1) is 18.2 Å². The fourth-order valence-electron chi connectivity index (χ4n) is 1.03. The fourth-order valence-corrected chi connectivity index (χ4v) is 1.03. The van der Waals surface area contributed by atoms with Crippen LogP contribution in [0.2, 0.25) is 0 Å². The molecule has 2 N–H and O–H groups in total. The number of amides is 3. The summed E-state index contributed by atoms with van der Waals surface area (Å²) in [5, 5.41) is 12.7. The van der Waals surface area contributed by atoms with Crippen LogP contribution >= 0.6 is 0 Å². The van der Waals surface area contributed by atoms with E-state index in [2.05, 4.69) is 5.32 Å². The summed E-state index contributed by atoms with van der Waals surface area (Å²) in [6.45, 7) is 0. The molecule has 0 aromatic heterocycles. The monoisotopic (exact) mass is 197 g/mol. The number of urea groups is 1. The van der Waals surface area contributed by atoms with Crippen molar-refractivity contribution in [2.75, 3.05) is 7.11 Å². The predicted molar refractivity (Wildman–Crippen MR) is 46.1 cm³/mol. The molecule has 14 heavy (non-hydrogen) atoms. The molecule has 2 unspecified atom stereocenters. The number of hydrogen-bond acceptors (Lipinski definition) is 4. The predicted octanol–water partition coefficient (Wildman–Crippen LogP) is -0.487. The summed E-state index contributed by atoms with van der Waals surface area (Å²) in [6.07, 6.45) is 0.495. The van der Waals surface area contributed by atoms with Crippen molar-refractivity contribution in [2.45, 2.75) is 25.0 Å². The molecule has 1 rings (SSSR count). The molecule has 3 amide bonds. The van der Waals surface area contributed by atoms with Crippen LogP contribution in [0.5, 0.6) is 0 Å². The standard InChI is InChI=1S/C8H11N3O3/c1-14-6-4-5(6)10-8(13)11-7(12)2-3-9/h5-6H,2,4H2,1H3,(H2,10,11,12,13). The molecule has 0 aromatic rings. The first-order valence-electron chi connectivity index (χ1n) is 4.17. The van der Waals surface area contributed by atoms with Gasteiger partial charge in [-0.2, -0.15) is 5.26 Å². The quantitative estimate of drug-likeness (QED) is 0.638. The molecule has 6 nitrogen and oxygen atoms in total. The highest BCUT2D eigenvalue weighted by Gasteiger charge is 2.38. The molecule has 0 spiro atoms. The summed E-state index contributed by atoms with van der Waals surface area (Å²) in [6, 6.07) is 1.05. The number of ether oxygens (including phenoxy) is 1. The van der Waals surface area contributed by atoms with Crippen molar-refractivity contribution in [3.63, 3.8) is 0 Å².